The van der Waals surface area contributed by atoms with E-state index in [1.54, 1.807) is 11.8 Å². The number of nitrogens with two attached hydrogens (primary N) is 1. The van der Waals surface area contributed by atoms with Gasteiger partial charge in [-0.25, -0.2) is 14.6 Å². The monoisotopic (exact) mass is 585 g/mol. The first kappa shape index (κ1) is 27.9. The van der Waals surface area contributed by atoms with Crippen molar-refractivity contribution in [3.63, 3.8) is 0 Å². The van der Waals surface area contributed by atoms with E-state index in [4.69, 9.17) is 36.5 Å². The van der Waals surface area contributed by atoms with Crippen LogP contribution < -0.4 is 15.2 Å². The SMILES string of the molecule is COc1cc2nc(-c3cccc(-c4cn(Cc5cccc(Cl)c5)nn4)c3)nc(N)c2cc1OCCCN1CCOCC1. The third-order valence-electron chi connectivity index (χ3n) is 7.18. The summed E-state index contributed by atoms with van der Waals surface area (Å²) in [5, 5.41) is 10.1. The van der Waals surface area contributed by atoms with E-state index in [2.05, 4.69) is 20.2 Å². The lowest BCUT2D eigenvalue weighted by atomic mass is 10.1. The van der Waals surface area contributed by atoms with E-state index in [0.717, 1.165) is 61.7 Å². The minimum absolute atomic E-state index is 0.369. The molecule has 2 N–H and O–H groups in total. The van der Waals surface area contributed by atoms with Gasteiger partial charge in [-0.15, -0.1) is 5.10 Å². The summed E-state index contributed by atoms with van der Waals surface area (Å²) >= 11 is 6.13. The second kappa shape index (κ2) is 12.7. The molecule has 0 bridgehead atoms. The number of rotatable bonds is 10. The van der Waals surface area contributed by atoms with Crippen molar-refractivity contribution in [1.82, 2.24) is 29.9 Å². The van der Waals surface area contributed by atoms with Gasteiger partial charge in [-0.1, -0.05) is 47.1 Å². The van der Waals surface area contributed by atoms with Crippen LogP contribution in [0, 0.1) is 0 Å². The molecule has 0 amide bonds. The molecule has 0 saturated carbocycles. The Hall–Kier alpha value is -4.25. The number of nitrogen functional groups attached to an aromatic ring is 1. The van der Waals surface area contributed by atoms with Crippen LogP contribution in [0.1, 0.15) is 12.0 Å². The Morgan fingerprint density at radius 2 is 1.81 bits per heavy atom. The standard InChI is InChI=1S/C31H32ClN7O3/c1-40-28-18-26-25(17-29(28)42-12-4-9-38-10-13-41-14-11-38)30(33)35-31(34-26)23-7-3-6-22(16-23)27-20-39(37-36-27)19-21-5-2-8-24(32)15-21/h2-3,5-8,15-18,20H,4,9-14,19H2,1H3,(H2,33,34,35). The van der Waals surface area contributed by atoms with Crippen LogP contribution in [-0.4, -0.2) is 76.4 Å². The first-order chi connectivity index (χ1) is 20.6. The first-order valence-electron chi connectivity index (χ1n) is 13.9. The van der Waals surface area contributed by atoms with E-state index < -0.39 is 0 Å². The largest absolute Gasteiger partial charge is 0.493 e. The number of methoxy groups -OCH3 is 1. The van der Waals surface area contributed by atoms with Crippen molar-refractivity contribution in [2.45, 2.75) is 13.0 Å². The van der Waals surface area contributed by atoms with Crippen molar-refractivity contribution in [1.29, 1.82) is 0 Å². The second-order valence-corrected chi connectivity index (χ2v) is 10.6. The molecule has 5 aromatic rings. The average Bonchev–Trinajstić information content (AvgIpc) is 3.48. The molecule has 2 aromatic heterocycles. The average molecular weight is 586 g/mol. The second-order valence-electron chi connectivity index (χ2n) is 10.1. The van der Waals surface area contributed by atoms with Gasteiger partial charge in [0.2, 0.25) is 0 Å². The highest BCUT2D eigenvalue weighted by Crippen LogP contribution is 2.35. The summed E-state index contributed by atoms with van der Waals surface area (Å²) < 4.78 is 18.9. The zero-order valence-electron chi connectivity index (χ0n) is 23.4. The summed E-state index contributed by atoms with van der Waals surface area (Å²) in [6, 6.07) is 19.3. The van der Waals surface area contributed by atoms with Crippen molar-refractivity contribution in [2.24, 2.45) is 0 Å². The Kier molecular flexibility index (Phi) is 8.45. The summed E-state index contributed by atoms with van der Waals surface area (Å²) in [6.07, 6.45) is 2.81. The van der Waals surface area contributed by atoms with E-state index >= 15 is 0 Å². The molecule has 0 aliphatic carbocycles. The quantitative estimate of drug-likeness (QED) is 0.227. The molecule has 0 atom stereocenters. The molecule has 6 rings (SSSR count). The highest BCUT2D eigenvalue weighted by Gasteiger charge is 2.15. The van der Waals surface area contributed by atoms with E-state index in [1.165, 1.54) is 0 Å². The van der Waals surface area contributed by atoms with Gasteiger partial charge in [-0.3, -0.25) is 4.90 Å². The van der Waals surface area contributed by atoms with Crippen LogP contribution in [0.3, 0.4) is 0 Å². The highest BCUT2D eigenvalue weighted by atomic mass is 35.5. The summed E-state index contributed by atoms with van der Waals surface area (Å²) in [6.45, 7) is 5.60. The van der Waals surface area contributed by atoms with Gasteiger partial charge < -0.3 is 19.9 Å². The van der Waals surface area contributed by atoms with Gasteiger partial charge in [0.05, 0.1) is 45.2 Å². The molecule has 0 spiro atoms. The Balaban J connectivity index is 1.19. The molecule has 0 radical (unpaired) electrons. The van der Waals surface area contributed by atoms with Crippen molar-refractivity contribution in [2.75, 3.05) is 52.3 Å². The van der Waals surface area contributed by atoms with E-state index in [-0.39, 0.29) is 0 Å². The Labute approximate surface area is 249 Å². The number of hydrogen-bond donors (Lipinski definition) is 1. The van der Waals surface area contributed by atoms with Gasteiger partial charge in [0.25, 0.3) is 0 Å². The molecule has 216 valence electrons. The fourth-order valence-corrected chi connectivity index (χ4v) is 5.22. The molecular weight excluding hydrogens is 554 g/mol. The Morgan fingerprint density at radius 1 is 0.976 bits per heavy atom. The number of halogens is 1. The van der Waals surface area contributed by atoms with Crippen LogP contribution in [0.4, 0.5) is 5.82 Å². The number of nitrogens with zero attached hydrogens (tertiary/aromatic N) is 6. The van der Waals surface area contributed by atoms with Crippen molar-refractivity contribution < 1.29 is 14.2 Å². The number of ether oxygens (including phenoxy) is 3. The number of anilines is 1. The maximum absolute atomic E-state index is 6.44. The summed E-state index contributed by atoms with van der Waals surface area (Å²) in [5.74, 6) is 2.10. The maximum atomic E-state index is 6.44. The zero-order chi connectivity index (χ0) is 28.9. The fourth-order valence-electron chi connectivity index (χ4n) is 5.00. The van der Waals surface area contributed by atoms with Crippen LogP contribution in [0.15, 0.2) is 66.9 Å². The zero-order valence-corrected chi connectivity index (χ0v) is 24.1. The highest BCUT2D eigenvalue weighted by molar-refractivity contribution is 6.30. The minimum Gasteiger partial charge on any atom is -0.493 e. The lowest BCUT2D eigenvalue weighted by Gasteiger charge is -2.26. The van der Waals surface area contributed by atoms with E-state index in [9.17, 15) is 0 Å². The Morgan fingerprint density at radius 3 is 2.64 bits per heavy atom. The topological polar surface area (TPSA) is 113 Å². The molecule has 1 saturated heterocycles. The first-order valence-corrected chi connectivity index (χ1v) is 14.3. The predicted molar refractivity (Wildman–Crippen MR) is 163 cm³/mol. The van der Waals surface area contributed by atoms with Crippen LogP contribution in [0.5, 0.6) is 11.5 Å². The minimum atomic E-state index is 0.369. The fraction of sp³-hybridized carbons (Fsp3) is 0.290. The molecule has 10 nitrogen and oxygen atoms in total. The lowest BCUT2D eigenvalue weighted by molar-refractivity contribution is 0.0357. The number of benzene rings is 3. The Bertz CT molecular complexity index is 1690. The summed E-state index contributed by atoms with van der Waals surface area (Å²) in [7, 11) is 1.62. The van der Waals surface area contributed by atoms with Crippen LogP contribution in [0.2, 0.25) is 5.02 Å². The van der Waals surface area contributed by atoms with Crippen molar-refractivity contribution >= 4 is 28.3 Å². The molecule has 0 unspecified atom stereocenters. The van der Waals surface area contributed by atoms with Gasteiger partial charge in [0.15, 0.2) is 17.3 Å². The predicted octanol–water partition coefficient (Wildman–Crippen LogP) is 4.95. The third-order valence-corrected chi connectivity index (χ3v) is 7.41. The van der Waals surface area contributed by atoms with Gasteiger partial charge in [0.1, 0.15) is 11.5 Å². The number of aromatic nitrogens is 5. The smallest absolute Gasteiger partial charge is 0.162 e. The maximum Gasteiger partial charge on any atom is 0.162 e. The van der Waals surface area contributed by atoms with Crippen molar-refractivity contribution in [3.05, 3.63) is 77.4 Å². The van der Waals surface area contributed by atoms with Crippen LogP contribution >= 0.6 is 11.6 Å². The molecule has 11 heteroatoms. The molecule has 1 aliphatic rings. The van der Waals surface area contributed by atoms with E-state index in [1.807, 2.05) is 66.9 Å². The normalized spacial score (nSPS) is 13.9. The van der Waals surface area contributed by atoms with Gasteiger partial charge in [0, 0.05) is 47.2 Å². The van der Waals surface area contributed by atoms with Gasteiger partial charge in [-0.05, 0) is 36.2 Å². The number of hydrogen-bond acceptors (Lipinski definition) is 9. The van der Waals surface area contributed by atoms with E-state index in [0.29, 0.717) is 52.2 Å². The summed E-state index contributed by atoms with van der Waals surface area (Å²) in [4.78, 5) is 11.8. The van der Waals surface area contributed by atoms with Crippen LogP contribution in [-0.2, 0) is 11.3 Å². The molecule has 42 heavy (non-hydrogen) atoms. The molecule has 1 fully saturated rings. The molecule has 3 aromatic carbocycles. The number of morpholine rings is 1. The molecule has 1 aliphatic heterocycles. The summed E-state index contributed by atoms with van der Waals surface area (Å²) in [5.41, 5.74) is 10.6. The van der Waals surface area contributed by atoms with Gasteiger partial charge in [-0.2, -0.15) is 0 Å². The van der Waals surface area contributed by atoms with Gasteiger partial charge >= 0.3 is 0 Å². The number of fused-ring (bicyclic) bond motifs is 1. The lowest BCUT2D eigenvalue weighted by Crippen LogP contribution is -2.37. The van der Waals surface area contributed by atoms with Crippen LogP contribution in [0.25, 0.3) is 33.5 Å². The third kappa shape index (κ3) is 6.46. The molecular formula is C31H32ClN7O3. The molecule has 3 heterocycles. The van der Waals surface area contributed by atoms with Crippen molar-refractivity contribution in [3.8, 4) is 34.1 Å².